The number of hydrogen-bond acceptors (Lipinski definition) is 18. The molecule has 2 fully saturated rings. The number of benzene rings is 1. The SMILES string of the molecule is CNN(C)Cc1cn(CCC(=O)N[C@@H](CC(N)=O)C(=O)NCCOCCOCCC(=O)N(C)[C@@H](C)C(=O)O[C@H]2CC(=O)N(C)c3cc(cc(OC)c3Cl)C/C(C)=C/C=C/[C@@H](OC)[C@@]3(O)C[C@H](OC(=O)N3)[C@@H](C)C3O[C@]32C)cn1. The van der Waals surface area contributed by atoms with E-state index in [9.17, 15) is 38.7 Å². The van der Waals surface area contributed by atoms with Gasteiger partial charge in [0.25, 0.3) is 0 Å². The van der Waals surface area contributed by atoms with E-state index < -0.39 is 102 Å². The van der Waals surface area contributed by atoms with Gasteiger partial charge in [-0.25, -0.2) is 19.6 Å². The molecule has 0 radical (unpaired) electrons. The number of epoxide rings is 1. The lowest BCUT2D eigenvalue weighted by Gasteiger charge is -2.42. The zero-order valence-corrected chi connectivity index (χ0v) is 46.9. The molecule has 25 nitrogen and oxygen atoms in total. The van der Waals surface area contributed by atoms with Gasteiger partial charge in [0.2, 0.25) is 29.5 Å². The first-order valence-corrected chi connectivity index (χ1v) is 26.1. The number of carbonyl (C=O) groups is 7. The number of anilines is 1. The van der Waals surface area contributed by atoms with Crippen molar-refractivity contribution in [3.63, 3.8) is 0 Å². The van der Waals surface area contributed by atoms with Gasteiger partial charge in [0.15, 0.2) is 5.72 Å². The number of nitrogens with two attached hydrogens (primary N) is 1. The van der Waals surface area contributed by atoms with Crippen molar-refractivity contribution in [1.82, 2.24) is 40.8 Å². The molecule has 9 atom stereocenters. The quantitative estimate of drug-likeness (QED) is 0.0373. The molecule has 3 aliphatic heterocycles. The van der Waals surface area contributed by atoms with E-state index in [1.54, 1.807) is 63.1 Å². The van der Waals surface area contributed by atoms with Crippen LogP contribution in [-0.4, -0.2) is 189 Å². The van der Waals surface area contributed by atoms with Gasteiger partial charge in [0.1, 0.15) is 46.8 Å². The largest absolute Gasteiger partial charge is 0.495 e. The molecule has 2 saturated heterocycles. The smallest absolute Gasteiger partial charge is 0.409 e. The van der Waals surface area contributed by atoms with Crippen LogP contribution in [0.25, 0.3) is 0 Å². The van der Waals surface area contributed by atoms with E-state index in [1.807, 2.05) is 31.3 Å². The topological polar surface area (TPSA) is 309 Å². The number of hydrogen-bond donors (Lipinski definition) is 6. The molecule has 3 aliphatic rings. The summed E-state index contributed by atoms with van der Waals surface area (Å²) in [7, 11) is 9.51. The molecule has 7 N–H and O–H groups in total. The van der Waals surface area contributed by atoms with Crippen molar-refractivity contribution in [3.8, 4) is 5.75 Å². The number of halogens is 1. The zero-order chi connectivity index (χ0) is 57.5. The minimum absolute atomic E-state index is 0.0215. The number of aliphatic hydroxyl groups is 1. The Morgan fingerprint density at radius 3 is 2.49 bits per heavy atom. The van der Waals surface area contributed by atoms with Crippen LogP contribution < -0.4 is 36.7 Å². The standard InChI is InChI=1S/C52H77ClN10O15/c1-31-12-11-13-40(73-10)52(71)27-39(76-50(70)59-52)32(2)47-51(4,78-47)41(26-45(67)62(8)37-23-34(22-31)24-38(72-9)46(37)53)77-49(69)33(3)61(7)44(66)15-18-74-20-21-75-19-16-56-48(68)36(25-42(54)64)58-43(65)14-17-63-29-35(57-30-63)28-60(6)55-5/h11-13,23-24,29-30,32-33,36,39-41,47,55,71H,14-22,25-28H2,1-10H3,(H2,54,64)(H,56,68)(H,58,65)(H,59,70)/b13-11+,31-12+/t32-,33+,36+,39+,40-,41+,47?,51+,52+/m1/s1. The molecular formula is C52H77ClN10O15. The predicted molar refractivity (Wildman–Crippen MR) is 283 cm³/mol. The second-order valence-electron chi connectivity index (χ2n) is 19.9. The number of ether oxygens (including phenoxy) is 7. The molecule has 0 spiro atoms. The highest BCUT2D eigenvalue weighted by molar-refractivity contribution is 6.35. The molecule has 78 heavy (non-hydrogen) atoms. The number of imidazole rings is 1. The lowest BCUT2D eigenvalue weighted by atomic mass is 9.83. The lowest BCUT2D eigenvalue weighted by molar-refractivity contribution is -0.162. The number of nitrogens with one attached hydrogen (secondary N) is 4. The number of carbonyl (C=O) groups excluding carboxylic acids is 7. The number of primary amides is 1. The van der Waals surface area contributed by atoms with Gasteiger partial charge in [-0.2, -0.15) is 0 Å². The van der Waals surface area contributed by atoms with Gasteiger partial charge in [-0.3, -0.25) is 34.7 Å². The Bertz CT molecular complexity index is 2510. The number of rotatable bonds is 24. The first-order valence-electron chi connectivity index (χ1n) is 25.7. The van der Waals surface area contributed by atoms with Crippen LogP contribution in [0.3, 0.4) is 0 Å². The second kappa shape index (κ2) is 28.6. The highest BCUT2D eigenvalue weighted by Gasteiger charge is 2.64. The molecule has 1 unspecified atom stereocenters. The number of nitrogens with zero attached hydrogens (tertiary/aromatic N) is 5. The number of hydrazine groups is 1. The maximum atomic E-state index is 14.3. The predicted octanol–water partition coefficient (Wildman–Crippen LogP) is 1.27. The van der Waals surface area contributed by atoms with Crippen molar-refractivity contribution in [2.75, 3.05) is 80.3 Å². The zero-order valence-electron chi connectivity index (χ0n) is 46.1. The van der Waals surface area contributed by atoms with Gasteiger partial charge in [0, 0.05) is 66.3 Å². The molecule has 0 saturated carbocycles. The second-order valence-corrected chi connectivity index (χ2v) is 20.3. The van der Waals surface area contributed by atoms with Gasteiger partial charge in [-0.15, -0.1) is 0 Å². The first-order chi connectivity index (χ1) is 36.9. The summed E-state index contributed by atoms with van der Waals surface area (Å²) in [4.78, 5) is 98.9. The third kappa shape index (κ3) is 17.2. The summed E-state index contributed by atoms with van der Waals surface area (Å²) < 4.78 is 42.3. The number of aryl methyl sites for hydroxylation is 1. The highest BCUT2D eigenvalue weighted by atomic mass is 35.5. The van der Waals surface area contributed by atoms with E-state index >= 15 is 0 Å². The molecule has 432 valence electrons. The minimum Gasteiger partial charge on any atom is -0.495 e. The number of fused-ring (bicyclic) bond motifs is 5. The monoisotopic (exact) mass is 1120 g/mol. The number of methoxy groups -OCH3 is 2. The molecular weight excluding hydrogens is 1040 g/mol. The molecule has 2 aromatic rings. The van der Waals surface area contributed by atoms with Crippen LogP contribution in [0.15, 0.2) is 48.5 Å². The van der Waals surface area contributed by atoms with Crippen molar-refractivity contribution in [1.29, 1.82) is 0 Å². The number of aromatic nitrogens is 2. The summed E-state index contributed by atoms with van der Waals surface area (Å²) in [5.41, 5.74) is 7.94. The fraction of sp³-hybridized carbons (Fsp3) is 0.615. The minimum atomic E-state index is -1.88. The molecule has 26 heteroatoms. The van der Waals surface area contributed by atoms with Gasteiger partial charge in [0.05, 0.1) is 83.2 Å². The maximum Gasteiger partial charge on any atom is 0.409 e. The van der Waals surface area contributed by atoms with Crippen LogP contribution in [0.2, 0.25) is 5.02 Å². The Kier molecular flexibility index (Phi) is 23.0. The molecule has 1 aromatic carbocycles. The molecule has 6 amide bonds. The van der Waals surface area contributed by atoms with E-state index in [0.717, 1.165) is 16.8 Å². The first kappa shape index (κ1) is 62.7. The van der Waals surface area contributed by atoms with Gasteiger partial charge in [-0.1, -0.05) is 42.3 Å². The van der Waals surface area contributed by atoms with Gasteiger partial charge >= 0.3 is 12.1 Å². The third-order valence-electron chi connectivity index (χ3n) is 14.0. The number of esters is 1. The van der Waals surface area contributed by atoms with Crippen LogP contribution in [0.5, 0.6) is 5.75 Å². The van der Waals surface area contributed by atoms with E-state index in [2.05, 4.69) is 26.4 Å². The van der Waals surface area contributed by atoms with E-state index in [0.29, 0.717) is 30.9 Å². The maximum absolute atomic E-state index is 14.3. The van der Waals surface area contributed by atoms with Crippen LogP contribution in [0.4, 0.5) is 10.5 Å². The number of allylic oxidation sites excluding steroid dienone is 3. The summed E-state index contributed by atoms with van der Waals surface area (Å²) in [6.45, 7) is 7.99. The lowest BCUT2D eigenvalue weighted by Crippen LogP contribution is -2.63. The Hall–Kier alpha value is -6.19. The summed E-state index contributed by atoms with van der Waals surface area (Å²) in [6.07, 6.45) is 3.31. The molecule has 1 aromatic heterocycles. The van der Waals surface area contributed by atoms with Crippen molar-refractivity contribution in [2.45, 2.75) is 127 Å². The van der Waals surface area contributed by atoms with Gasteiger partial charge in [-0.05, 0) is 51.9 Å². The van der Waals surface area contributed by atoms with Crippen LogP contribution in [0, 0.1) is 5.92 Å². The summed E-state index contributed by atoms with van der Waals surface area (Å²) >= 11 is 6.81. The molecule has 5 rings (SSSR count). The Morgan fingerprint density at radius 2 is 1.81 bits per heavy atom. The Balaban J connectivity index is 1.14. The van der Waals surface area contributed by atoms with Crippen molar-refractivity contribution < 1.29 is 71.8 Å². The molecule has 4 heterocycles. The van der Waals surface area contributed by atoms with Crippen molar-refractivity contribution >= 4 is 58.9 Å². The third-order valence-corrected chi connectivity index (χ3v) is 14.4. The number of alkyl carbamates (subject to hydrolysis) is 1. The fourth-order valence-corrected chi connectivity index (χ4v) is 9.40. The van der Waals surface area contributed by atoms with Crippen LogP contribution >= 0.6 is 11.6 Å². The van der Waals surface area contributed by atoms with Crippen molar-refractivity contribution in [2.24, 2.45) is 11.7 Å². The Morgan fingerprint density at radius 1 is 1.09 bits per heavy atom. The molecule has 0 aliphatic carbocycles. The van der Waals surface area contributed by atoms with E-state index in [4.69, 9.17) is 50.5 Å². The van der Waals surface area contributed by atoms with Gasteiger partial charge < -0.3 is 69.0 Å². The number of likely N-dealkylation sites (N-methyl/N-ethyl adjacent to an activating group) is 1. The average Bonchev–Trinajstić information content (AvgIpc) is 4.05. The molecule has 4 bridgehead atoms. The highest BCUT2D eigenvalue weighted by Crippen LogP contribution is 2.49. The number of amides is 6. The summed E-state index contributed by atoms with van der Waals surface area (Å²) in [6, 6.07) is 1.21. The van der Waals surface area contributed by atoms with Crippen molar-refractivity contribution in [3.05, 3.63) is 64.7 Å². The fourth-order valence-electron chi connectivity index (χ4n) is 9.09. The summed E-state index contributed by atoms with van der Waals surface area (Å²) in [5.74, 6) is -3.86. The van der Waals surface area contributed by atoms with E-state index in [1.165, 1.54) is 38.0 Å². The average molecular weight is 1120 g/mol. The van der Waals surface area contributed by atoms with Crippen LogP contribution in [-0.2, 0) is 76.7 Å². The Labute approximate surface area is 459 Å². The summed E-state index contributed by atoms with van der Waals surface area (Å²) in [5, 5.41) is 21.6. The van der Waals surface area contributed by atoms with E-state index in [-0.39, 0.29) is 63.7 Å². The normalized spacial score (nSPS) is 25.3. The van der Waals surface area contributed by atoms with Crippen LogP contribution in [0.1, 0.15) is 71.1 Å².